The van der Waals surface area contributed by atoms with Gasteiger partial charge in [0.15, 0.2) is 0 Å². The summed E-state index contributed by atoms with van der Waals surface area (Å²) in [4.78, 5) is 0. The van der Waals surface area contributed by atoms with E-state index >= 15 is 0 Å². The fourth-order valence-corrected chi connectivity index (χ4v) is 2.30. The van der Waals surface area contributed by atoms with Gasteiger partial charge in [0, 0.05) is 12.1 Å². The lowest BCUT2D eigenvalue weighted by molar-refractivity contribution is -0.137. The van der Waals surface area contributed by atoms with Crippen molar-refractivity contribution < 1.29 is 13.2 Å². The van der Waals surface area contributed by atoms with E-state index in [-0.39, 0.29) is 12.0 Å². The number of alkyl halides is 3. The molecule has 0 fully saturated rings. The van der Waals surface area contributed by atoms with E-state index < -0.39 is 11.7 Å². The van der Waals surface area contributed by atoms with Crippen LogP contribution in [0.1, 0.15) is 50.3 Å². The first-order valence-electron chi connectivity index (χ1n) is 6.56. The molecule has 0 saturated heterocycles. The molecule has 0 heterocycles. The molecule has 0 aliphatic heterocycles. The second-order valence-corrected chi connectivity index (χ2v) is 5.47. The molecule has 0 spiro atoms. The van der Waals surface area contributed by atoms with Gasteiger partial charge in [0.1, 0.15) is 0 Å². The van der Waals surface area contributed by atoms with Gasteiger partial charge in [-0.15, -0.1) is 0 Å². The average Bonchev–Trinajstić information content (AvgIpc) is 2.25. The van der Waals surface area contributed by atoms with Gasteiger partial charge in [-0.1, -0.05) is 26.8 Å². The molecule has 0 bridgehead atoms. The lowest BCUT2D eigenvalue weighted by atomic mass is 9.89. The molecule has 1 aromatic rings. The minimum absolute atomic E-state index is 0.171. The minimum Gasteiger partial charge on any atom is -0.311 e. The van der Waals surface area contributed by atoms with Crippen LogP contribution in [0.15, 0.2) is 18.2 Å². The molecule has 108 valence electrons. The van der Waals surface area contributed by atoms with Crippen molar-refractivity contribution in [2.24, 2.45) is 0 Å². The Bertz CT molecular complexity index is 424. The normalized spacial score (nSPS) is 15.6. The molecule has 1 rings (SSSR count). The molecule has 19 heavy (non-hydrogen) atoms. The summed E-state index contributed by atoms with van der Waals surface area (Å²) in [7, 11) is 0. The topological polar surface area (TPSA) is 12.0 Å². The number of aryl methyl sites for hydroxylation is 1. The quantitative estimate of drug-likeness (QED) is 0.851. The maximum atomic E-state index is 12.6. The van der Waals surface area contributed by atoms with Crippen LogP contribution in [0, 0.1) is 6.92 Å². The third-order valence-electron chi connectivity index (χ3n) is 3.43. The van der Waals surface area contributed by atoms with Crippen LogP contribution in [0.5, 0.6) is 0 Å². The lowest BCUT2D eigenvalue weighted by Gasteiger charge is -2.25. The van der Waals surface area contributed by atoms with E-state index in [1.165, 1.54) is 12.1 Å². The average molecular weight is 273 g/mol. The van der Waals surface area contributed by atoms with Gasteiger partial charge in [-0.3, -0.25) is 0 Å². The molecule has 1 nitrogen and oxygen atoms in total. The van der Waals surface area contributed by atoms with Gasteiger partial charge in [-0.05, 0) is 43.0 Å². The van der Waals surface area contributed by atoms with Gasteiger partial charge in [0.05, 0.1) is 5.56 Å². The standard InChI is InChI=1S/C15H22F3N/c1-9(2)19-12(5)11(4)14-7-6-13(8-10(14)3)15(16,17)18/h6-9,11-12,19H,1-5H3. The Labute approximate surface area is 113 Å². The molecule has 0 saturated carbocycles. The molecule has 4 heteroatoms. The summed E-state index contributed by atoms with van der Waals surface area (Å²) in [6.07, 6.45) is -4.27. The number of halogens is 3. The zero-order valence-electron chi connectivity index (χ0n) is 12.1. The summed E-state index contributed by atoms with van der Waals surface area (Å²) in [5, 5.41) is 3.39. The van der Waals surface area contributed by atoms with E-state index in [1.54, 1.807) is 13.0 Å². The third-order valence-corrected chi connectivity index (χ3v) is 3.43. The van der Waals surface area contributed by atoms with Crippen molar-refractivity contribution in [3.05, 3.63) is 34.9 Å². The van der Waals surface area contributed by atoms with E-state index in [0.29, 0.717) is 11.6 Å². The van der Waals surface area contributed by atoms with Crippen LogP contribution < -0.4 is 5.32 Å². The van der Waals surface area contributed by atoms with E-state index in [2.05, 4.69) is 26.1 Å². The lowest BCUT2D eigenvalue weighted by Crippen LogP contribution is -2.36. The predicted octanol–water partition coefficient (Wildman–Crippen LogP) is 4.50. The molecule has 0 amide bonds. The number of nitrogens with one attached hydrogen (secondary N) is 1. The number of benzene rings is 1. The van der Waals surface area contributed by atoms with Crippen LogP contribution in [-0.4, -0.2) is 12.1 Å². The molecule has 0 radical (unpaired) electrons. The number of hydrogen-bond acceptors (Lipinski definition) is 1. The highest BCUT2D eigenvalue weighted by atomic mass is 19.4. The van der Waals surface area contributed by atoms with Crippen molar-refractivity contribution in [1.29, 1.82) is 0 Å². The summed E-state index contributed by atoms with van der Waals surface area (Å²) in [6, 6.07) is 4.57. The first-order valence-corrected chi connectivity index (χ1v) is 6.56. The fourth-order valence-electron chi connectivity index (χ4n) is 2.30. The van der Waals surface area contributed by atoms with Gasteiger partial charge in [0.2, 0.25) is 0 Å². The van der Waals surface area contributed by atoms with E-state index in [4.69, 9.17) is 0 Å². The molecular weight excluding hydrogens is 251 g/mol. The highest BCUT2D eigenvalue weighted by Gasteiger charge is 2.31. The summed E-state index contributed by atoms with van der Waals surface area (Å²) in [5.41, 5.74) is 1.08. The monoisotopic (exact) mass is 273 g/mol. The van der Waals surface area contributed by atoms with Gasteiger partial charge in [0.25, 0.3) is 0 Å². The summed E-state index contributed by atoms with van der Waals surface area (Å²) >= 11 is 0. The Balaban J connectivity index is 2.96. The van der Waals surface area contributed by atoms with E-state index in [0.717, 1.165) is 5.56 Å². The van der Waals surface area contributed by atoms with E-state index in [1.807, 2.05) is 6.92 Å². The Morgan fingerprint density at radius 1 is 1.05 bits per heavy atom. The molecule has 2 atom stereocenters. The van der Waals surface area contributed by atoms with Crippen molar-refractivity contribution in [3.8, 4) is 0 Å². The SMILES string of the molecule is Cc1cc(C(F)(F)F)ccc1C(C)C(C)NC(C)C. The maximum Gasteiger partial charge on any atom is 0.416 e. The molecule has 0 aliphatic rings. The van der Waals surface area contributed by atoms with Crippen LogP contribution in [0.3, 0.4) is 0 Å². The van der Waals surface area contributed by atoms with Crippen molar-refractivity contribution in [2.75, 3.05) is 0 Å². The Morgan fingerprint density at radius 2 is 1.63 bits per heavy atom. The second-order valence-electron chi connectivity index (χ2n) is 5.47. The molecular formula is C15H22F3N. The maximum absolute atomic E-state index is 12.6. The molecule has 1 aromatic carbocycles. The number of hydrogen-bond donors (Lipinski definition) is 1. The number of rotatable bonds is 4. The van der Waals surface area contributed by atoms with Crippen molar-refractivity contribution in [2.45, 2.75) is 58.8 Å². The highest BCUT2D eigenvalue weighted by Crippen LogP contribution is 2.32. The van der Waals surface area contributed by atoms with Gasteiger partial charge < -0.3 is 5.32 Å². The van der Waals surface area contributed by atoms with Crippen LogP contribution >= 0.6 is 0 Å². The van der Waals surface area contributed by atoms with Gasteiger partial charge in [-0.2, -0.15) is 13.2 Å². The molecule has 1 N–H and O–H groups in total. The Morgan fingerprint density at radius 3 is 2.05 bits per heavy atom. The Kier molecular flexibility index (Phi) is 5.02. The summed E-state index contributed by atoms with van der Waals surface area (Å²) in [5.74, 6) is 0.171. The van der Waals surface area contributed by atoms with Gasteiger partial charge in [-0.25, -0.2) is 0 Å². The Hall–Kier alpha value is -1.03. The van der Waals surface area contributed by atoms with Crippen LogP contribution in [0.2, 0.25) is 0 Å². The third kappa shape index (κ3) is 4.23. The zero-order valence-corrected chi connectivity index (χ0v) is 12.1. The zero-order chi connectivity index (χ0) is 14.8. The second kappa shape index (κ2) is 5.95. The van der Waals surface area contributed by atoms with Crippen molar-refractivity contribution in [3.63, 3.8) is 0 Å². The highest BCUT2D eigenvalue weighted by molar-refractivity contribution is 5.35. The van der Waals surface area contributed by atoms with Crippen molar-refractivity contribution >= 4 is 0 Å². The van der Waals surface area contributed by atoms with Crippen molar-refractivity contribution in [1.82, 2.24) is 5.32 Å². The van der Waals surface area contributed by atoms with Gasteiger partial charge >= 0.3 is 6.18 Å². The molecule has 0 aliphatic carbocycles. The first kappa shape index (κ1) is 16.0. The summed E-state index contributed by atoms with van der Waals surface area (Å²) in [6.45, 7) is 9.95. The fraction of sp³-hybridized carbons (Fsp3) is 0.600. The van der Waals surface area contributed by atoms with E-state index in [9.17, 15) is 13.2 Å². The first-order chi connectivity index (χ1) is 8.62. The molecule has 0 aromatic heterocycles. The summed E-state index contributed by atoms with van der Waals surface area (Å²) < 4.78 is 37.9. The predicted molar refractivity (Wildman–Crippen MR) is 72.3 cm³/mol. The smallest absolute Gasteiger partial charge is 0.311 e. The van der Waals surface area contributed by atoms with Crippen LogP contribution in [0.4, 0.5) is 13.2 Å². The largest absolute Gasteiger partial charge is 0.416 e. The van der Waals surface area contributed by atoms with Crippen LogP contribution in [-0.2, 0) is 6.18 Å². The minimum atomic E-state index is -4.27. The van der Waals surface area contributed by atoms with Crippen LogP contribution in [0.25, 0.3) is 0 Å². The molecule has 2 unspecified atom stereocenters.